The molecule has 0 amide bonds. The van der Waals surface area contributed by atoms with Gasteiger partial charge in [-0.05, 0) is 50.4 Å². The highest BCUT2D eigenvalue weighted by molar-refractivity contribution is 5.15. The van der Waals surface area contributed by atoms with Crippen LogP contribution in [0.4, 0.5) is 0 Å². The van der Waals surface area contributed by atoms with Crippen LogP contribution in [0.1, 0.15) is 74.7 Å². The summed E-state index contributed by atoms with van der Waals surface area (Å²) in [7, 11) is 0. The SMILES string of the molecule is CCCC1C(C)(C)C(NC(C)(C)C)C1(C)CC. The first-order valence-electron chi connectivity index (χ1n) is 7.37. The molecular weight excluding hydrogens is 206 g/mol. The van der Waals surface area contributed by atoms with Crippen LogP contribution in [-0.4, -0.2) is 11.6 Å². The van der Waals surface area contributed by atoms with Crippen LogP contribution < -0.4 is 5.32 Å². The molecule has 102 valence electrons. The van der Waals surface area contributed by atoms with Crippen LogP contribution in [0.5, 0.6) is 0 Å². The lowest BCUT2D eigenvalue weighted by molar-refractivity contribution is -0.151. The van der Waals surface area contributed by atoms with Crippen molar-refractivity contribution in [2.24, 2.45) is 16.7 Å². The number of nitrogens with one attached hydrogen (secondary N) is 1. The molecule has 0 aliphatic heterocycles. The third-order valence-electron chi connectivity index (χ3n) is 5.01. The van der Waals surface area contributed by atoms with Crippen molar-refractivity contribution in [3.05, 3.63) is 0 Å². The molecule has 0 aromatic heterocycles. The fraction of sp³-hybridized carbons (Fsp3) is 1.00. The standard InChI is InChI=1S/C16H33N/c1-9-11-12-15(6,7)13(16(12,8)10-2)17-14(3,4)5/h12-13,17H,9-11H2,1-8H3. The number of hydrogen-bond acceptors (Lipinski definition) is 1. The molecule has 0 saturated heterocycles. The van der Waals surface area contributed by atoms with Crippen LogP contribution in [0.15, 0.2) is 0 Å². The van der Waals surface area contributed by atoms with Gasteiger partial charge in [0.05, 0.1) is 0 Å². The van der Waals surface area contributed by atoms with Gasteiger partial charge in [-0.3, -0.25) is 0 Å². The molecule has 0 heterocycles. The Balaban J connectivity index is 2.90. The van der Waals surface area contributed by atoms with E-state index in [1.807, 2.05) is 0 Å². The van der Waals surface area contributed by atoms with E-state index in [0.717, 1.165) is 5.92 Å². The highest BCUT2D eigenvalue weighted by Gasteiger charge is 2.62. The van der Waals surface area contributed by atoms with Gasteiger partial charge < -0.3 is 5.32 Å². The maximum absolute atomic E-state index is 3.88. The van der Waals surface area contributed by atoms with E-state index in [0.29, 0.717) is 16.9 Å². The average Bonchev–Trinajstić information content (AvgIpc) is 2.20. The Bertz CT molecular complexity index is 261. The summed E-state index contributed by atoms with van der Waals surface area (Å²) in [5.41, 5.74) is 1.14. The van der Waals surface area contributed by atoms with Gasteiger partial charge in [0.2, 0.25) is 0 Å². The summed E-state index contributed by atoms with van der Waals surface area (Å²) in [6.07, 6.45) is 3.97. The van der Waals surface area contributed by atoms with E-state index in [2.05, 4.69) is 60.7 Å². The summed E-state index contributed by atoms with van der Waals surface area (Å²) in [5.74, 6) is 0.866. The van der Waals surface area contributed by atoms with Gasteiger partial charge in [0, 0.05) is 11.6 Å². The number of rotatable bonds is 4. The van der Waals surface area contributed by atoms with Crippen LogP contribution in [0.25, 0.3) is 0 Å². The first-order valence-corrected chi connectivity index (χ1v) is 7.37. The van der Waals surface area contributed by atoms with Gasteiger partial charge >= 0.3 is 0 Å². The molecule has 1 nitrogen and oxygen atoms in total. The fourth-order valence-corrected chi connectivity index (χ4v) is 4.23. The van der Waals surface area contributed by atoms with E-state index in [-0.39, 0.29) is 5.54 Å². The smallest absolute Gasteiger partial charge is 0.0182 e. The Morgan fingerprint density at radius 1 is 1.06 bits per heavy atom. The Kier molecular flexibility index (Phi) is 4.04. The summed E-state index contributed by atoms with van der Waals surface area (Å²) in [5, 5.41) is 3.88. The van der Waals surface area contributed by atoms with Crippen molar-refractivity contribution in [2.75, 3.05) is 0 Å². The molecule has 0 spiro atoms. The summed E-state index contributed by atoms with van der Waals surface area (Å²) < 4.78 is 0. The maximum atomic E-state index is 3.88. The largest absolute Gasteiger partial charge is 0.308 e. The van der Waals surface area contributed by atoms with E-state index in [1.165, 1.54) is 19.3 Å². The maximum Gasteiger partial charge on any atom is 0.0182 e. The zero-order chi connectivity index (χ0) is 13.5. The van der Waals surface area contributed by atoms with Gasteiger partial charge in [0.25, 0.3) is 0 Å². The Labute approximate surface area is 109 Å². The van der Waals surface area contributed by atoms with Gasteiger partial charge in [-0.15, -0.1) is 0 Å². The molecule has 1 aliphatic rings. The monoisotopic (exact) mass is 239 g/mol. The summed E-state index contributed by atoms with van der Waals surface area (Å²) in [6.45, 7) is 18.9. The molecule has 1 aliphatic carbocycles. The van der Waals surface area contributed by atoms with Crippen LogP contribution in [-0.2, 0) is 0 Å². The second kappa shape index (κ2) is 4.57. The summed E-state index contributed by atoms with van der Waals surface area (Å²) >= 11 is 0. The zero-order valence-electron chi connectivity index (χ0n) is 13.3. The average molecular weight is 239 g/mol. The zero-order valence-corrected chi connectivity index (χ0v) is 13.3. The topological polar surface area (TPSA) is 12.0 Å². The van der Waals surface area contributed by atoms with Crippen LogP contribution in [0.3, 0.4) is 0 Å². The van der Waals surface area contributed by atoms with Gasteiger partial charge in [-0.1, -0.05) is 41.0 Å². The highest BCUT2D eigenvalue weighted by Crippen LogP contribution is 2.62. The summed E-state index contributed by atoms with van der Waals surface area (Å²) in [4.78, 5) is 0. The molecule has 1 N–H and O–H groups in total. The second-order valence-corrected chi connectivity index (χ2v) is 7.85. The lowest BCUT2D eigenvalue weighted by Crippen LogP contribution is -2.72. The summed E-state index contributed by atoms with van der Waals surface area (Å²) in [6, 6.07) is 0.650. The molecule has 0 aromatic carbocycles. The van der Waals surface area contributed by atoms with Crippen molar-refractivity contribution in [2.45, 2.75) is 86.2 Å². The predicted octanol–water partition coefficient (Wildman–Crippen LogP) is 4.62. The van der Waals surface area contributed by atoms with Crippen molar-refractivity contribution in [3.8, 4) is 0 Å². The predicted molar refractivity (Wildman–Crippen MR) is 77.3 cm³/mol. The molecule has 17 heavy (non-hydrogen) atoms. The van der Waals surface area contributed by atoms with Crippen LogP contribution in [0, 0.1) is 16.7 Å². The van der Waals surface area contributed by atoms with E-state index in [1.54, 1.807) is 0 Å². The molecule has 3 unspecified atom stereocenters. The fourth-order valence-electron chi connectivity index (χ4n) is 4.23. The quantitative estimate of drug-likeness (QED) is 0.755. The Morgan fingerprint density at radius 2 is 1.59 bits per heavy atom. The number of hydrogen-bond donors (Lipinski definition) is 1. The highest BCUT2D eigenvalue weighted by atomic mass is 15.1. The molecule has 1 rings (SSSR count). The van der Waals surface area contributed by atoms with Gasteiger partial charge in [0.1, 0.15) is 0 Å². The van der Waals surface area contributed by atoms with Crippen molar-refractivity contribution in [1.82, 2.24) is 5.32 Å². The normalized spacial score (nSPS) is 36.7. The van der Waals surface area contributed by atoms with Gasteiger partial charge in [0.15, 0.2) is 0 Å². The van der Waals surface area contributed by atoms with Crippen LogP contribution in [0.2, 0.25) is 0 Å². The minimum absolute atomic E-state index is 0.218. The first-order chi connectivity index (χ1) is 7.59. The minimum atomic E-state index is 0.218. The molecule has 0 radical (unpaired) electrons. The van der Waals surface area contributed by atoms with Gasteiger partial charge in [-0.2, -0.15) is 0 Å². The molecule has 0 aromatic rings. The van der Waals surface area contributed by atoms with E-state index < -0.39 is 0 Å². The lowest BCUT2D eigenvalue weighted by atomic mass is 9.42. The Hall–Kier alpha value is -0.0400. The molecule has 1 saturated carbocycles. The lowest BCUT2D eigenvalue weighted by Gasteiger charge is -2.67. The van der Waals surface area contributed by atoms with Crippen molar-refractivity contribution >= 4 is 0 Å². The van der Waals surface area contributed by atoms with Crippen molar-refractivity contribution in [1.29, 1.82) is 0 Å². The second-order valence-electron chi connectivity index (χ2n) is 7.85. The third-order valence-corrected chi connectivity index (χ3v) is 5.01. The molecular formula is C16H33N. The van der Waals surface area contributed by atoms with E-state index in [9.17, 15) is 0 Å². The van der Waals surface area contributed by atoms with E-state index in [4.69, 9.17) is 0 Å². The van der Waals surface area contributed by atoms with Gasteiger partial charge in [-0.25, -0.2) is 0 Å². The van der Waals surface area contributed by atoms with Crippen molar-refractivity contribution < 1.29 is 0 Å². The van der Waals surface area contributed by atoms with E-state index >= 15 is 0 Å². The molecule has 1 heteroatoms. The first kappa shape index (κ1) is 15.0. The van der Waals surface area contributed by atoms with Crippen molar-refractivity contribution in [3.63, 3.8) is 0 Å². The molecule has 3 atom stereocenters. The van der Waals surface area contributed by atoms with Crippen LogP contribution >= 0.6 is 0 Å². The minimum Gasteiger partial charge on any atom is -0.308 e. The molecule has 0 bridgehead atoms. The molecule has 1 fully saturated rings. The third kappa shape index (κ3) is 2.54. The Morgan fingerprint density at radius 3 is 1.94 bits per heavy atom.